The Kier molecular flexibility index (Phi) is 8.02. The Morgan fingerprint density at radius 1 is 1.12 bits per heavy atom. The van der Waals surface area contributed by atoms with Gasteiger partial charge in [0.15, 0.2) is 17.0 Å². The molecule has 9 heteroatoms. The third-order valence-electron chi connectivity index (χ3n) is 6.91. The Morgan fingerprint density at radius 2 is 1.94 bits per heavy atom. The lowest BCUT2D eigenvalue weighted by atomic mass is 9.85. The van der Waals surface area contributed by atoms with E-state index in [2.05, 4.69) is 32.1 Å². The lowest BCUT2D eigenvalue weighted by Crippen LogP contribution is -2.36. The van der Waals surface area contributed by atoms with Crippen LogP contribution in [0.4, 0.5) is 5.82 Å². The molecule has 0 aliphatic carbocycles. The van der Waals surface area contributed by atoms with Gasteiger partial charge in [-0.25, -0.2) is 0 Å². The summed E-state index contributed by atoms with van der Waals surface area (Å²) in [4.78, 5) is 13.8. The summed E-state index contributed by atoms with van der Waals surface area (Å²) in [5.41, 5.74) is 7.60. The minimum absolute atomic E-state index is 0.238. The van der Waals surface area contributed by atoms with Crippen LogP contribution in [-0.2, 0) is 0 Å². The highest BCUT2D eigenvalue weighted by molar-refractivity contribution is 5.83. The Labute approximate surface area is 190 Å². The van der Waals surface area contributed by atoms with Crippen molar-refractivity contribution in [1.82, 2.24) is 30.2 Å². The summed E-state index contributed by atoms with van der Waals surface area (Å²) in [5.74, 6) is 1.55. The summed E-state index contributed by atoms with van der Waals surface area (Å²) in [6, 6.07) is 1.12. The molecule has 2 aliphatic rings. The molecule has 0 saturated carbocycles. The van der Waals surface area contributed by atoms with E-state index in [0.29, 0.717) is 35.9 Å². The number of piperidine rings is 2. The van der Waals surface area contributed by atoms with Gasteiger partial charge >= 0.3 is 6.01 Å². The molecule has 2 saturated heterocycles. The first-order valence-corrected chi connectivity index (χ1v) is 12.3. The number of nitrogen functional groups attached to an aromatic ring is 1. The van der Waals surface area contributed by atoms with Crippen LogP contribution in [0.25, 0.3) is 11.2 Å². The van der Waals surface area contributed by atoms with Crippen molar-refractivity contribution in [2.45, 2.75) is 64.3 Å². The molecule has 2 aromatic rings. The topological polar surface area (TPSA) is 112 Å². The highest BCUT2D eigenvalue weighted by atomic mass is 16.5. The van der Waals surface area contributed by atoms with Gasteiger partial charge in [0.1, 0.15) is 0 Å². The first-order chi connectivity index (χ1) is 15.7. The molecule has 2 aliphatic heterocycles. The number of hydrogen-bond acceptors (Lipinski definition) is 8. The molecule has 0 aromatic carbocycles. The normalized spacial score (nSPS) is 22.7. The van der Waals surface area contributed by atoms with Crippen LogP contribution in [0, 0.1) is 11.8 Å². The van der Waals surface area contributed by atoms with Gasteiger partial charge in [0.2, 0.25) is 0 Å². The first-order valence-electron chi connectivity index (χ1n) is 12.3. The van der Waals surface area contributed by atoms with Gasteiger partial charge in [0.25, 0.3) is 6.01 Å². The number of ether oxygens (including phenoxy) is 2. The van der Waals surface area contributed by atoms with E-state index in [9.17, 15) is 0 Å². The fourth-order valence-corrected chi connectivity index (χ4v) is 5.13. The van der Waals surface area contributed by atoms with Crippen molar-refractivity contribution in [3.05, 3.63) is 0 Å². The Bertz CT molecular complexity index is 860. The highest BCUT2D eigenvalue weighted by Crippen LogP contribution is 2.38. The van der Waals surface area contributed by atoms with Crippen molar-refractivity contribution in [2.75, 3.05) is 45.6 Å². The quantitative estimate of drug-likeness (QED) is 0.479. The monoisotopic (exact) mass is 445 g/mol. The van der Waals surface area contributed by atoms with Crippen LogP contribution in [0.3, 0.4) is 0 Å². The summed E-state index contributed by atoms with van der Waals surface area (Å²) >= 11 is 0. The molecular formula is C23H39N7O2. The molecule has 0 amide bonds. The summed E-state index contributed by atoms with van der Waals surface area (Å²) in [5, 5.41) is 7.14. The largest absolute Gasteiger partial charge is 0.468 e. The molecule has 3 atom stereocenters. The summed E-state index contributed by atoms with van der Waals surface area (Å²) < 4.78 is 13.7. The average Bonchev–Trinajstić information content (AvgIpc) is 3.20. The minimum Gasteiger partial charge on any atom is -0.468 e. The maximum absolute atomic E-state index is 6.28. The number of unbranched alkanes of at least 4 members (excludes halogenated alkanes) is 1. The fraction of sp³-hybridized carbons (Fsp3) is 0.783. The fourth-order valence-electron chi connectivity index (χ4n) is 5.13. The molecular weight excluding hydrogens is 406 g/mol. The second-order valence-corrected chi connectivity index (χ2v) is 9.20. The van der Waals surface area contributed by atoms with Gasteiger partial charge in [-0.2, -0.15) is 15.0 Å². The molecule has 3 unspecified atom stereocenters. The van der Waals surface area contributed by atoms with Crippen LogP contribution in [0.1, 0.15) is 64.3 Å². The molecule has 0 bridgehead atoms. The van der Waals surface area contributed by atoms with Crippen LogP contribution in [-0.4, -0.2) is 59.4 Å². The number of nitrogens with zero attached hydrogens (tertiary/aromatic N) is 4. The summed E-state index contributed by atoms with van der Waals surface area (Å²) in [7, 11) is 1.67. The number of hydrogen-bond donors (Lipinski definition) is 3. The standard InChI is InChI=1S/C23H39N7O2/c1-3-4-13-32-22-28-20(24)19-21(29-22)30(23(27-19)31-2)18(17-8-6-12-26-15-17)10-9-16-7-5-11-25-14-16/h16-18,25-26H,3-15H2,1-2H3,(H2,24,28,29). The Morgan fingerprint density at radius 3 is 2.62 bits per heavy atom. The van der Waals surface area contributed by atoms with Gasteiger partial charge in [0.05, 0.1) is 13.7 Å². The molecule has 4 rings (SSSR count). The number of fused-ring (bicyclic) bond motifs is 1. The average molecular weight is 446 g/mol. The zero-order chi connectivity index (χ0) is 22.3. The van der Waals surface area contributed by atoms with Gasteiger partial charge < -0.3 is 25.8 Å². The molecule has 4 N–H and O–H groups in total. The van der Waals surface area contributed by atoms with Crippen LogP contribution in [0.15, 0.2) is 0 Å². The van der Waals surface area contributed by atoms with Crippen molar-refractivity contribution >= 4 is 17.0 Å². The Balaban J connectivity index is 1.68. The van der Waals surface area contributed by atoms with Crippen molar-refractivity contribution in [3.63, 3.8) is 0 Å². The first kappa shape index (κ1) is 23.0. The number of nitrogens with two attached hydrogens (primary N) is 1. The van der Waals surface area contributed by atoms with E-state index >= 15 is 0 Å². The van der Waals surface area contributed by atoms with Gasteiger partial charge in [-0.15, -0.1) is 0 Å². The second-order valence-electron chi connectivity index (χ2n) is 9.20. The molecule has 0 spiro atoms. The maximum Gasteiger partial charge on any atom is 0.320 e. The molecule has 32 heavy (non-hydrogen) atoms. The molecule has 2 aromatic heterocycles. The Hall–Kier alpha value is -2.13. The minimum atomic E-state index is 0.238. The highest BCUT2D eigenvalue weighted by Gasteiger charge is 2.31. The van der Waals surface area contributed by atoms with Gasteiger partial charge in [-0.1, -0.05) is 13.3 Å². The molecule has 9 nitrogen and oxygen atoms in total. The number of methoxy groups -OCH3 is 1. The van der Waals surface area contributed by atoms with E-state index in [4.69, 9.17) is 20.2 Å². The van der Waals surface area contributed by atoms with E-state index in [1.54, 1.807) is 7.11 Å². The van der Waals surface area contributed by atoms with Crippen LogP contribution >= 0.6 is 0 Å². The SMILES string of the molecule is CCCCOc1nc(N)c2nc(OC)n(C(CCC3CCCNC3)C3CCCNC3)c2n1. The van der Waals surface area contributed by atoms with Crippen LogP contribution < -0.4 is 25.8 Å². The van der Waals surface area contributed by atoms with Gasteiger partial charge in [-0.05, 0) is 83.0 Å². The van der Waals surface area contributed by atoms with Crippen molar-refractivity contribution < 1.29 is 9.47 Å². The zero-order valence-corrected chi connectivity index (χ0v) is 19.6. The lowest BCUT2D eigenvalue weighted by Gasteiger charge is -2.34. The van der Waals surface area contributed by atoms with Gasteiger partial charge in [-0.3, -0.25) is 4.57 Å². The predicted octanol–water partition coefficient (Wildman–Crippen LogP) is 2.92. The van der Waals surface area contributed by atoms with E-state index < -0.39 is 0 Å². The summed E-state index contributed by atoms with van der Waals surface area (Å²) in [6.45, 7) is 7.05. The predicted molar refractivity (Wildman–Crippen MR) is 126 cm³/mol. The number of imidazole rings is 1. The van der Waals surface area contributed by atoms with E-state index in [1.807, 2.05) is 0 Å². The molecule has 178 valence electrons. The third kappa shape index (κ3) is 5.26. The summed E-state index contributed by atoms with van der Waals surface area (Å²) in [6.07, 6.45) is 9.18. The number of aromatic nitrogens is 4. The number of anilines is 1. The van der Waals surface area contributed by atoms with Crippen LogP contribution in [0.2, 0.25) is 0 Å². The van der Waals surface area contributed by atoms with E-state index in [1.165, 1.54) is 32.1 Å². The molecule has 4 heterocycles. The van der Waals surface area contributed by atoms with Gasteiger partial charge in [0, 0.05) is 6.04 Å². The molecule has 2 fully saturated rings. The maximum atomic E-state index is 6.28. The van der Waals surface area contributed by atoms with Crippen molar-refractivity contribution in [3.8, 4) is 12.0 Å². The van der Waals surface area contributed by atoms with E-state index in [0.717, 1.165) is 57.0 Å². The lowest BCUT2D eigenvalue weighted by molar-refractivity contribution is 0.215. The number of nitrogens with one attached hydrogen (secondary N) is 2. The van der Waals surface area contributed by atoms with Crippen LogP contribution in [0.5, 0.6) is 12.0 Å². The van der Waals surface area contributed by atoms with E-state index in [-0.39, 0.29) is 6.04 Å². The van der Waals surface area contributed by atoms with Crippen molar-refractivity contribution in [1.29, 1.82) is 0 Å². The smallest absolute Gasteiger partial charge is 0.320 e. The molecule has 0 radical (unpaired) electrons. The van der Waals surface area contributed by atoms with Crippen molar-refractivity contribution in [2.24, 2.45) is 11.8 Å². The second kappa shape index (κ2) is 11.1. The zero-order valence-electron chi connectivity index (χ0n) is 19.6. The third-order valence-corrected chi connectivity index (χ3v) is 6.91. The number of rotatable bonds is 10.